The van der Waals surface area contributed by atoms with Crippen LogP contribution in [0.2, 0.25) is 0 Å². The molecule has 2 aliphatic heterocycles. The number of rotatable bonds is 3. The minimum absolute atomic E-state index is 0.0894. The van der Waals surface area contributed by atoms with E-state index in [2.05, 4.69) is 20.2 Å². The van der Waals surface area contributed by atoms with Crippen LogP contribution in [0.1, 0.15) is 42.2 Å². The number of benzene rings is 1. The highest BCUT2D eigenvalue weighted by molar-refractivity contribution is 5.94. The molecule has 7 nitrogen and oxygen atoms in total. The highest BCUT2D eigenvalue weighted by Gasteiger charge is 2.45. The average molecular weight is 362 g/mol. The van der Waals surface area contributed by atoms with Gasteiger partial charge in [-0.1, -0.05) is 30.3 Å². The Balaban J connectivity index is 1.40. The Labute approximate surface area is 157 Å². The molecular formula is C20H22N6O. The molecule has 2 saturated heterocycles. The molecule has 2 fully saturated rings. The second kappa shape index (κ2) is 6.33. The summed E-state index contributed by atoms with van der Waals surface area (Å²) in [5.74, 6) is 0.0894. The summed E-state index contributed by atoms with van der Waals surface area (Å²) in [4.78, 5) is 17.2. The zero-order valence-electron chi connectivity index (χ0n) is 15.3. The van der Waals surface area contributed by atoms with Crippen LogP contribution in [0, 0.1) is 0 Å². The van der Waals surface area contributed by atoms with Gasteiger partial charge < -0.3 is 4.90 Å². The summed E-state index contributed by atoms with van der Waals surface area (Å²) in [6.07, 6.45) is 7.39. The van der Waals surface area contributed by atoms with Crippen molar-refractivity contribution in [2.45, 2.75) is 43.8 Å². The molecule has 0 aliphatic carbocycles. The minimum atomic E-state index is 0.0894. The lowest BCUT2D eigenvalue weighted by Gasteiger charge is -2.38. The maximum Gasteiger partial charge on any atom is 0.272 e. The molecule has 27 heavy (non-hydrogen) atoms. The molecule has 7 heteroatoms. The van der Waals surface area contributed by atoms with Gasteiger partial charge in [-0.3, -0.25) is 9.48 Å². The van der Waals surface area contributed by atoms with Gasteiger partial charge in [-0.25, -0.2) is 0 Å². The van der Waals surface area contributed by atoms with E-state index in [-0.39, 0.29) is 24.0 Å². The lowest BCUT2D eigenvalue weighted by Crippen LogP contribution is -2.47. The smallest absolute Gasteiger partial charge is 0.272 e. The Hall–Kier alpha value is -2.96. The van der Waals surface area contributed by atoms with Gasteiger partial charge in [0.25, 0.3) is 5.91 Å². The van der Waals surface area contributed by atoms with E-state index in [1.165, 1.54) is 0 Å². The van der Waals surface area contributed by atoms with Crippen LogP contribution in [0.25, 0.3) is 11.3 Å². The lowest BCUT2D eigenvalue weighted by molar-refractivity contribution is 0.0501. The Morgan fingerprint density at radius 2 is 1.67 bits per heavy atom. The molecule has 0 spiro atoms. The molecular weight excluding hydrogens is 340 g/mol. The number of carbonyl (C=O) groups is 1. The van der Waals surface area contributed by atoms with Crippen LogP contribution in [-0.4, -0.2) is 47.7 Å². The first-order valence-corrected chi connectivity index (χ1v) is 9.48. The number of hydrogen-bond acceptors (Lipinski definition) is 4. The molecule has 0 radical (unpaired) electrons. The van der Waals surface area contributed by atoms with E-state index in [0.29, 0.717) is 5.69 Å². The van der Waals surface area contributed by atoms with Crippen molar-refractivity contribution < 1.29 is 4.79 Å². The number of piperidine rings is 1. The summed E-state index contributed by atoms with van der Waals surface area (Å²) in [5.41, 5.74) is 2.52. The number of aryl methyl sites for hydroxylation is 1. The molecule has 5 rings (SSSR count). The zero-order valence-corrected chi connectivity index (χ0v) is 15.3. The number of carbonyl (C=O) groups excluding carboxylic acids is 1. The van der Waals surface area contributed by atoms with Crippen LogP contribution < -0.4 is 0 Å². The van der Waals surface area contributed by atoms with Crippen molar-refractivity contribution in [3.63, 3.8) is 0 Å². The van der Waals surface area contributed by atoms with Crippen molar-refractivity contribution in [1.29, 1.82) is 0 Å². The summed E-state index contributed by atoms with van der Waals surface area (Å²) in [7, 11) is 1.85. The Kier molecular flexibility index (Phi) is 3.81. The number of nitrogens with zero attached hydrogens (tertiary/aromatic N) is 6. The lowest BCUT2D eigenvalue weighted by atomic mass is 9.97. The van der Waals surface area contributed by atoms with Gasteiger partial charge in [0.2, 0.25) is 0 Å². The fourth-order valence-corrected chi connectivity index (χ4v) is 4.63. The number of hydrogen-bond donors (Lipinski definition) is 0. The molecule has 2 aromatic heterocycles. The second-order valence-electron chi connectivity index (χ2n) is 7.48. The van der Waals surface area contributed by atoms with Crippen LogP contribution >= 0.6 is 0 Å². The van der Waals surface area contributed by atoms with Crippen molar-refractivity contribution in [2.75, 3.05) is 0 Å². The quantitative estimate of drug-likeness (QED) is 0.718. The van der Waals surface area contributed by atoms with E-state index >= 15 is 0 Å². The molecule has 138 valence electrons. The first-order valence-electron chi connectivity index (χ1n) is 9.48. The van der Waals surface area contributed by atoms with Crippen LogP contribution in [0.4, 0.5) is 0 Å². The third-order valence-corrected chi connectivity index (χ3v) is 5.87. The zero-order chi connectivity index (χ0) is 18.4. The maximum atomic E-state index is 13.3. The Bertz CT molecular complexity index is 934. The highest BCUT2D eigenvalue weighted by Crippen LogP contribution is 2.41. The van der Waals surface area contributed by atoms with Gasteiger partial charge in [-0.2, -0.15) is 20.1 Å². The topological polar surface area (TPSA) is 68.8 Å². The molecule has 0 saturated carbocycles. The molecule has 2 unspecified atom stereocenters. The molecule has 1 amide bonds. The number of aromatic nitrogens is 5. The highest BCUT2D eigenvalue weighted by atomic mass is 16.2. The summed E-state index contributed by atoms with van der Waals surface area (Å²) in [6, 6.07) is 12.7. The van der Waals surface area contributed by atoms with Crippen molar-refractivity contribution in [1.82, 2.24) is 29.7 Å². The Morgan fingerprint density at radius 3 is 2.33 bits per heavy atom. The van der Waals surface area contributed by atoms with E-state index < -0.39 is 0 Å². The third-order valence-electron chi connectivity index (χ3n) is 5.87. The second-order valence-corrected chi connectivity index (χ2v) is 7.48. The van der Waals surface area contributed by atoms with Crippen LogP contribution in [0.3, 0.4) is 0 Å². The first kappa shape index (κ1) is 16.2. The van der Waals surface area contributed by atoms with Gasteiger partial charge in [0, 0.05) is 24.7 Å². The van der Waals surface area contributed by atoms with Crippen molar-refractivity contribution >= 4 is 5.91 Å². The molecule has 1 aromatic carbocycles. The van der Waals surface area contributed by atoms with E-state index in [4.69, 9.17) is 0 Å². The fraction of sp³-hybridized carbons (Fsp3) is 0.400. The molecule has 0 N–H and O–H groups in total. The number of amides is 1. The molecule has 3 aromatic rings. The summed E-state index contributed by atoms with van der Waals surface area (Å²) < 4.78 is 1.71. The third kappa shape index (κ3) is 2.74. The summed E-state index contributed by atoms with van der Waals surface area (Å²) >= 11 is 0. The van der Waals surface area contributed by atoms with Gasteiger partial charge in [-0.15, -0.1) is 0 Å². The fourth-order valence-electron chi connectivity index (χ4n) is 4.63. The summed E-state index contributed by atoms with van der Waals surface area (Å²) in [5, 5.41) is 13.2. The van der Waals surface area contributed by atoms with E-state index in [9.17, 15) is 4.79 Å². The molecule has 2 atom stereocenters. The minimum Gasteiger partial charge on any atom is -0.331 e. The average Bonchev–Trinajstić information content (AvgIpc) is 3.41. The van der Waals surface area contributed by atoms with Crippen LogP contribution in [0.15, 0.2) is 48.8 Å². The van der Waals surface area contributed by atoms with Crippen molar-refractivity contribution in [3.05, 3.63) is 54.5 Å². The SMILES string of the molecule is Cn1nc(-c2ccccc2)cc1C(=O)N1C2CCC1CC(n1nccn1)C2. The van der Waals surface area contributed by atoms with Crippen molar-refractivity contribution in [2.24, 2.45) is 7.05 Å². The molecule has 2 aliphatic rings. The summed E-state index contributed by atoms with van der Waals surface area (Å²) in [6.45, 7) is 0. The van der Waals surface area contributed by atoms with Crippen LogP contribution in [0.5, 0.6) is 0 Å². The normalized spacial score (nSPS) is 24.3. The predicted octanol–water partition coefficient (Wildman–Crippen LogP) is 2.69. The maximum absolute atomic E-state index is 13.3. The standard InChI is InChI=1S/C20H22N6O/c1-24-19(13-18(23-24)14-5-3-2-4-6-14)20(27)25-15-7-8-16(25)12-17(11-15)26-21-9-10-22-26/h2-6,9-10,13,15-17H,7-8,11-12H2,1H3. The molecule has 4 heterocycles. The van der Waals surface area contributed by atoms with E-state index in [1.54, 1.807) is 17.1 Å². The van der Waals surface area contributed by atoms with E-state index in [0.717, 1.165) is 36.9 Å². The van der Waals surface area contributed by atoms with Crippen molar-refractivity contribution in [3.8, 4) is 11.3 Å². The monoisotopic (exact) mass is 362 g/mol. The Morgan fingerprint density at radius 1 is 1.00 bits per heavy atom. The largest absolute Gasteiger partial charge is 0.331 e. The van der Waals surface area contributed by atoms with Gasteiger partial charge >= 0.3 is 0 Å². The van der Waals surface area contributed by atoms with Gasteiger partial charge in [0.1, 0.15) is 5.69 Å². The van der Waals surface area contributed by atoms with E-state index in [1.807, 2.05) is 48.2 Å². The number of fused-ring (bicyclic) bond motifs is 2. The van der Waals surface area contributed by atoms with Crippen LogP contribution in [-0.2, 0) is 7.05 Å². The van der Waals surface area contributed by atoms with Gasteiger partial charge in [0.05, 0.1) is 24.1 Å². The molecule has 2 bridgehead atoms. The predicted molar refractivity (Wildman–Crippen MR) is 99.9 cm³/mol. The van der Waals surface area contributed by atoms with Gasteiger partial charge in [-0.05, 0) is 31.7 Å². The first-order chi connectivity index (χ1) is 13.2. The van der Waals surface area contributed by atoms with Gasteiger partial charge in [0.15, 0.2) is 0 Å².